The van der Waals surface area contributed by atoms with Gasteiger partial charge in [-0.2, -0.15) is 13.2 Å². The molecule has 9 heteroatoms. The molecule has 0 radical (unpaired) electrons. The summed E-state index contributed by atoms with van der Waals surface area (Å²) in [6.45, 7) is 6.20. The molecule has 2 atom stereocenters. The Balaban J connectivity index is 1.37. The quantitative estimate of drug-likeness (QED) is 0.289. The Morgan fingerprint density at radius 2 is 1.72 bits per heavy atom. The van der Waals surface area contributed by atoms with Crippen molar-refractivity contribution in [2.45, 2.75) is 83.2 Å². The van der Waals surface area contributed by atoms with Gasteiger partial charge in [0.05, 0.1) is 23.0 Å². The second-order valence-corrected chi connectivity index (χ2v) is 11.4. The van der Waals surface area contributed by atoms with Crippen LogP contribution in [0.2, 0.25) is 5.02 Å². The fraction of sp³-hybridized carbons (Fsp3) is 0.633. The molecule has 2 aromatic rings. The minimum absolute atomic E-state index is 0.0856. The highest BCUT2D eigenvalue weighted by atomic mass is 35.5. The number of halogens is 4. The highest BCUT2D eigenvalue weighted by Gasteiger charge is 2.42. The molecule has 1 saturated carbocycles. The van der Waals surface area contributed by atoms with Gasteiger partial charge in [0, 0.05) is 31.6 Å². The van der Waals surface area contributed by atoms with Crippen molar-refractivity contribution in [2.24, 2.45) is 11.8 Å². The summed E-state index contributed by atoms with van der Waals surface area (Å²) in [6, 6.07) is 10.1. The van der Waals surface area contributed by atoms with Crippen LogP contribution in [0.15, 0.2) is 30.3 Å². The summed E-state index contributed by atoms with van der Waals surface area (Å²) in [7, 11) is 1.64. The number of esters is 1. The largest absolute Gasteiger partial charge is 0.489 e. The van der Waals surface area contributed by atoms with Gasteiger partial charge in [0.25, 0.3) is 0 Å². The lowest BCUT2D eigenvalue weighted by molar-refractivity contribution is -0.185. The molecule has 2 fully saturated rings. The van der Waals surface area contributed by atoms with Gasteiger partial charge in [0.15, 0.2) is 0 Å². The molecule has 39 heavy (non-hydrogen) atoms. The van der Waals surface area contributed by atoms with Crippen LogP contribution in [-0.4, -0.2) is 56.1 Å². The number of methoxy groups -OCH3 is 1. The highest BCUT2D eigenvalue weighted by molar-refractivity contribution is 6.37. The Labute approximate surface area is 233 Å². The number of rotatable bonds is 9. The van der Waals surface area contributed by atoms with Crippen LogP contribution in [0.1, 0.15) is 70.4 Å². The van der Waals surface area contributed by atoms with Crippen LogP contribution < -0.4 is 4.74 Å². The minimum atomic E-state index is -4.14. The number of benzene rings is 2. The summed E-state index contributed by atoms with van der Waals surface area (Å²) in [5.41, 5.74) is 1.11. The van der Waals surface area contributed by atoms with Gasteiger partial charge in [-0.05, 0) is 88.5 Å². The maximum atomic E-state index is 13.0. The minimum Gasteiger partial charge on any atom is -0.489 e. The third-order valence-corrected chi connectivity index (χ3v) is 8.70. The van der Waals surface area contributed by atoms with E-state index in [2.05, 4.69) is 24.0 Å². The molecule has 0 spiro atoms. The topological polar surface area (TPSA) is 48.0 Å². The van der Waals surface area contributed by atoms with Gasteiger partial charge in [-0.15, -0.1) is 0 Å². The number of fused-ring (bicyclic) bond motifs is 1. The van der Waals surface area contributed by atoms with E-state index in [1.54, 1.807) is 7.11 Å². The number of hydrogen-bond acceptors (Lipinski definition) is 5. The molecule has 1 saturated heterocycles. The van der Waals surface area contributed by atoms with Crippen LogP contribution >= 0.6 is 11.6 Å². The predicted octanol–water partition coefficient (Wildman–Crippen LogP) is 7.73. The predicted molar refractivity (Wildman–Crippen MR) is 146 cm³/mol. The number of alkyl halides is 3. The Hall–Kier alpha value is -2.03. The van der Waals surface area contributed by atoms with Gasteiger partial charge in [0.2, 0.25) is 0 Å². The first kappa shape index (κ1) is 29.9. The molecule has 0 amide bonds. The van der Waals surface area contributed by atoms with Gasteiger partial charge in [-0.1, -0.05) is 29.8 Å². The zero-order valence-corrected chi connectivity index (χ0v) is 23.7. The molecule has 1 aliphatic heterocycles. The summed E-state index contributed by atoms with van der Waals surface area (Å²) >= 11 is 6.77. The number of carbonyl (C=O) groups is 1. The summed E-state index contributed by atoms with van der Waals surface area (Å²) in [4.78, 5) is 14.9. The SMILES string of the molecule is COCCC(C)OC(=O)C1CCN(C(C)c2ccc3ccc(OC4CCC(C(F)(F)F)CC4)c(Cl)c3c2)CC1. The van der Waals surface area contributed by atoms with Crippen molar-refractivity contribution in [1.82, 2.24) is 4.90 Å². The summed E-state index contributed by atoms with van der Waals surface area (Å²) in [6.07, 6.45) is -1.46. The smallest absolute Gasteiger partial charge is 0.391 e. The first-order valence-electron chi connectivity index (χ1n) is 14.0. The second kappa shape index (κ2) is 13.1. The first-order chi connectivity index (χ1) is 18.6. The fourth-order valence-corrected chi connectivity index (χ4v) is 5.96. The average molecular weight is 570 g/mol. The number of nitrogens with zero attached hydrogens (tertiary/aromatic N) is 1. The van der Waals surface area contributed by atoms with Crippen molar-refractivity contribution in [3.8, 4) is 5.75 Å². The van der Waals surface area contributed by atoms with Crippen molar-refractivity contribution >= 4 is 28.3 Å². The van der Waals surface area contributed by atoms with Gasteiger partial charge < -0.3 is 14.2 Å². The van der Waals surface area contributed by atoms with E-state index in [9.17, 15) is 18.0 Å². The van der Waals surface area contributed by atoms with Crippen molar-refractivity contribution in [1.29, 1.82) is 0 Å². The van der Waals surface area contributed by atoms with E-state index in [4.69, 9.17) is 25.8 Å². The van der Waals surface area contributed by atoms with E-state index in [1.807, 2.05) is 25.1 Å². The Bertz CT molecular complexity index is 1110. The van der Waals surface area contributed by atoms with Gasteiger partial charge in [-0.25, -0.2) is 0 Å². The summed E-state index contributed by atoms with van der Waals surface area (Å²) < 4.78 is 55.8. The molecule has 1 aliphatic carbocycles. The average Bonchev–Trinajstić information content (AvgIpc) is 2.92. The molecule has 1 heterocycles. The van der Waals surface area contributed by atoms with Gasteiger partial charge in [-0.3, -0.25) is 9.69 Å². The molecule has 4 rings (SSSR count). The zero-order valence-electron chi connectivity index (χ0n) is 22.9. The number of likely N-dealkylation sites (tertiary alicyclic amines) is 1. The van der Waals surface area contributed by atoms with E-state index in [0.717, 1.165) is 42.3 Å². The summed E-state index contributed by atoms with van der Waals surface area (Å²) in [5, 5.41) is 2.34. The molecule has 0 N–H and O–H groups in total. The van der Waals surface area contributed by atoms with Crippen LogP contribution in [0.4, 0.5) is 13.2 Å². The van der Waals surface area contributed by atoms with E-state index in [-0.39, 0.29) is 43.0 Å². The summed E-state index contributed by atoms with van der Waals surface area (Å²) in [5.74, 6) is -0.935. The van der Waals surface area contributed by atoms with Crippen LogP contribution in [0, 0.1) is 11.8 Å². The third-order valence-electron chi connectivity index (χ3n) is 8.31. The van der Waals surface area contributed by atoms with Crippen LogP contribution in [0.5, 0.6) is 5.75 Å². The molecular formula is C30H39ClF3NO4. The molecule has 5 nitrogen and oxygen atoms in total. The standard InChI is InChI=1S/C30H39ClF3NO4/c1-19(14-17-37-3)38-29(36)22-12-15-35(16-13-22)20(2)23-5-4-21-6-11-27(28(31)26(21)18-23)39-25-9-7-24(8-10-25)30(32,33)34/h4-6,11,18-20,22,24-25H,7-10,12-17H2,1-3H3. The molecule has 2 aromatic carbocycles. The Morgan fingerprint density at radius 1 is 1.05 bits per heavy atom. The number of hydrogen-bond donors (Lipinski definition) is 0. The molecule has 0 bridgehead atoms. The van der Waals surface area contributed by atoms with Crippen molar-refractivity contribution in [2.75, 3.05) is 26.8 Å². The van der Waals surface area contributed by atoms with E-state index in [1.165, 1.54) is 0 Å². The van der Waals surface area contributed by atoms with Crippen molar-refractivity contribution < 1.29 is 32.2 Å². The second-order valence-electron chi connectivity index (χ2n) is 11.0. The third kappa shape index (κ3) is 7.59. The molecule has 2 unspecified atom stereocenters. The van der Waals surface area contributed by atoms with Crippen LogP contribution in [0.3, 0.4) is 0 Å². The van der Waals surface area contributed by atoms with E-state index >= 15 is 0 Å². The highest BCUT2D eigenvalue weighted by Crippen LogP contribution is 2.41. The van der Waals surface area contributed by atoms with Gasteiger partial charge in [0.1, 0.15) is 11.9 Å². The number of piperidine rings is 1. The lowest BCUT2D eigenvalue weighted by Crippen LogP contribution is -2.39. The molecule has 2 aliphatic rings. The maximum absolute atomic E-state index is 13.0. The van der Waals surface area contributed by atoms with Crippen LogP contribution in [-0.2, 0) is 14.3 Å². The van der Waals surface area contributed by atoms with Crippen LogP contribution in [0.25, 0.3) is 10.8 Å². The number of ether oxygens (including phenoxy) is 3. The molecule has 0 aromatic heterocycles. The number of carbonyl (C=O) groups excluding carboxylic acids is 1. The van der Waals surface area contributed by atoms with Crippen molar-refractivity contribution in [3.63, 3.8) is 0 Å². The first-order valence-corrected chi connectivity index (χ1v) is 14.3. The normalized spacial score (nSPS) is 22.9. The van der Waals surface area contributed by atoms with E-state index < -0.39 is 12.1 Å². The lowest BCUT2D eigenvalue weighted by Gasteiger charge is -2.35. The van der Waals surface area contributed by atoms with Crippen molar-refractivity contribution in [3.05, 3.63) is 40.9 Å². The lowest BCUT2D eigenvalue weighted by atomic mass is 9.87. The maximum Gasteiger partial charge on any atom is 0.391 e. The zero-order chi connectivity index (χ0) is 28.2. The van der Waals surface area contributed by atoms with E-state index in [0.29, 0.717) is 36.6 Å². The molecular weight excluding hydrogens is 531 g/mol. The van der Waals surface area contributed by atoms with Gasteiger partial charge >= 0.3 is 12.1 Å². The molecule has 216 valence electrons. The Kier molecular flexibility index (Phi) is 10.0. The fourth-order valence-electron chi connectivity index (χ4n) is 5.69. The monoisotopic (exact) mass is 569 g/mol. The Morgan fingerprint density at radius 3 is 2.36 bits per heavy atom.